The van der Waals surface area contributed by atoms with Crippen molar-refractivity contribution in [2.45, 2.75) is 45.2 Å². The predicted octanol–water partition coefficient (Wildman–Crippen LogP) is 1.11. The summed E-state index contributed by atoms with van der Waals surface area (Å²) in [5, 5.41) is 3.55. The van der Waals surface area contributed by atoms with Crippen molar-refractivity contribution in [3.63, 3.8) is 0 Å². The summed E-state index contributed by atoms with van der Waals surface area (Å²) >= 11 is 0. The molecule has 1 aliphatic carbocycles. The maximum absolute atomic E-state index is 5.72. The Morgan fingerprint density at radius 2 is 2.09 bits per heavy atom. The Balaban J connectivity index is 2.38. The van der Waals surface area contributed by atoms with E-state index >= 15 is 0 Å². The van der Waals surface area contributed by atoms with Gasteiger partial charge in [-0.2, -0.15) is 0 Å². The first-order chi connectivity index (χ1) is 5.08. The quantitative estimate of drug-likeness (QED) is 0.642. The smallest absolute Gasteiger partial charge is 0.0311 e. The molecule has 0 aromatic carbocycles. The summed E-state index contributed by atoms with van der Waals surface area (Å²) in [6.45, 7) is 7.44. The number of nitrogens with two attached hydrogens (primary N) is 1. The van der Waals surface area contributed by atoms with Crippen LogP contribution in [0.2, 0.25) is 0 Å². The van der Waals surface area contributed by atoms with Gasteiger partial charge in [-0.05, 0) is 18.8 Å². The summed E-state index contributed by atoms with van der Waals surface area (Å²) in [7, 11) is 0. The molecule has 3 N–H and O–H groups in total. The number of rotatable bonds is 3. The normalized spacial score (nSPS) is 37.4. The van der Waals surface area contributed by atoms with Crippen LogP contribution >= 0.6 is 0 Å². The largest absolute Gasteiger partial charge is 0.329 e. The molecule has 0 aliphatic heterocycles. The molecule has 0 saturated heterocycles. The van der Waals surface area contributed by atoms with Crippen molar-refractivity contribution < 1.29 is 0 Å². The molecular weight excluding hydrogens is 136 g/mol. The molecule has 1 saturated carbocycles. The van der Waals surface area contributed by atoms with E-state index < -0.39 is 0 Å². The van der Waals surface area contributed by atoms with Gasteiger partial charge in [0, 0.05) is 18.1 Å². The average molecular weight is 156 g/mol. The highest BCUT2D eigenvalue weighted by Gasteiger charge is 2.40. The number of hydrogen-bond acceptors (Lipinski definition) is 2. The molecule has 0 aromatic rings. The highest BCUT2D eigenvalue weighted by Crippen LogP contribution is 2.36. The third-order valence-corrected chi connectivity index (χ3v) is 2.46. The van der Waals surface area contributed by atoms with Gasteiger partial charge in [0.1, 0.15) is 0 Å². The van der Waals surface area contributed by atoms with Crippen LogP contribution in [-0.2, 0) is 0 Å². The Morgan fingerprint density at radius 3 is 2.36 bits per heavy atom. The molecule has 0 spiro atoms. The summed E-state index contributed by atoms with van der Waals surface area (Å²) in [5.41, 5.74) is 6.00. The van der Waals surface area contributed by atoms with Crippen LogP contribution in [-0.4, -0.2) is 18.1 Å². The first-order valence-electron chi connectivity index (χ1n) is 4.56. The topological polar surface area (TPSA) is 38.0 Å². The maximum atomic E-state index is 5.72. The molecule has 0 unspecified atom stereocenters. The fourth-order valence-electron chi connectivity index (χ4n) is 2.23. The molecule has 1 rings (SSSR count). The summed E-state index contributed by atoms with van der Waals surface area (Å²) in [4.78, 5) is 0. The Morgan fingerprint density at radius 1 is 1.55 bits per heavy atom. The van der Waals surface area contributed by atoms with Crippen molar-refractivity contribution in [1.82, 2.24) is 5.32 Å². The first-order valence-corrected chi connectivity index (χ1v) is 4.56. The van der Waals surface area contributed by atoms with Gasteiger partial charge in [0.15, 0.2) is 0 Å². The second-order valence-corrected chi connectivity index (χ2v) is 4.30. The standard InChI is InChI=1S/C9H20N2/c1-7(2)11-9(6-10)4-8(3)5-9/h7-8,11H,4-6,10H2,1-3H3. The molecule has 0 radical (unpaired) electrons. The van der Waals surface area contributed by atoms with Crippen LogP contribution in [0.25, 0.3) is 0 Å². The van der Waals surface area contributed by atoms with Gasteiger partial charge < -0.3 is 11.1 Å². The molecule has 2 nitrogen and oxygen atoms in total. The van der Waals surface area contributed by atoms with Crippen molar-refractivity contribution in [3.05, 3.63) is 0 Å². The molecule has 0 amide bonds. The average Bonchev–Trinajstić information content (AvgIpc) is 1.82. The Bertz CT molecular complexity index is 126. The van der Waals surface area contributed by atoms with E-state index in [1.54, 1.807) is 0 Å². The van der Waals surface area contributed by atoms with E-state index in [0.717, 1.165) is 12.5 Å². The van der Waals surface area contributed by atoms with Gasteiger partial charge in [-0.15, -0.1) is 0 Å². The van der Waals surface area contributed by atoms with Crippen LogP contribution in [0.4, 0.5) is 0 Å². The number of hydrogen-bond donors (Lipinski definition) is 2. The van der Waals surface area contributed by atoms with Crippen LogP contribution < -0.4 is 11.1 Å². The van der Waals surface area contributed by atoms with Crippen molar-refractivity contribution in [3.8, 4) is 0 Å². The van der Waals surface area contributed by atoms with E-state index in [1.165, 1.54) is 12.8 Å². The zero-order valence-corrected chi connectivity index (χ0v) is 7.85. The maximum Gasteiger partial charge on any atom is 0.0311 e. The van der Waals surface area contributed by atoms with E-state index in [2.05, 4.69) is 26.1 Å². The molecule has 1 aliphatic rings. The van der Waals surface area contributed by atoms with Gasteiger partial charge in [-0.3, -0.25) is 0 Å². The monoisotopic (exact) mass is 156 g/mol. The summed E-state index contributed by atoms with van der Waals surface area (Å²) in [6, 6.07) is 0.561. The fraction of sp³-hybridized carbons (Fsp3) is 1.00. The van der Waals surface area contributed by atoms with Crippen molar-refractivity contribution in [2.75, 3.05) is 6.54 Å². The van der Waals surface area contributed by atoms with Crippen LogP contribution in [0.15, 0.2) is 0 Å². The molecule has 0 bridgehead atoms. The van der Waals surface area contributed by atoms with E-state index in [1.807, 2.05) is 0 Å². The highest BCUT2D eigenvalue weighted by atomic mass is 15.0. The second kappa shape index (κ2) is 3.11. The Kier molecular flexibility index (Phi) is 2.55. The fourth-order valence-corrected chi connectivity index (χ4v) is 2.23. The molecule has 1 fully saturated rings. The summed E-state index contributed by atoms with van der Waals surface area (Å²) < 4.78 is 0. The summed E-state index contributed by atoms with van der Waals surface area (Å²) in [5.74, 6) is 0.866. The molecule has 2 heteroatoms. The predicted molar refractivity (Wildman–Crippen MR) is 48.5 cm³/mol. The number of nitrogens with one attached hydrogen (secondary N) is 1. The van der Waals surface area contributed by atoms with E-state index in [4.69, 9.17) is 5.73 Å². The SMILES string of the molecule is CC1CC(CN)(NC(C)C)C1. The van der Waals surface area contributed by atoms with Crippen LogP contribution in [0.3, 0.4) is 0 Å². The Labute approximate surface area is 69.5 Å². The van der Waals surface area contributed by atoms with Gasteiger partial charge in [0.25, 0.3) is 0 Å². The lowest BCUT2D eigenvalue weighted by atomic mass is 9.69. The minimum Gasteiger partial charge on any atom is -0.329 e. The lowest BCUT2D eigenvalue weighted by Gasteiger charge is -2.47. The van der Waals surface area contributed by atoms with Crippen LogP contribution in [0, 0.1) is 5.92 Å². The lowest BCUT2D eigenvalue weighted by Crippen LogP contribution is -2.61. The molecule has 11 heavy (non-hydrogen) atoms. The lowest BCUT2D eigenvalue weighted by molar-refractivity contribution is 0.114. The van der Waals surface area contributed by atoms with E-state index in [-0.39, 0.29) is 5.54 Å². The summed E-state index contributed by atoms with van der Waals surface area (Å²) in [6.07, 6.45) is 2.50. The zero-order chi connectivity index (χ0) is 8.48. The third kappa shape index (κ3) is 1.94. The first kappa shape index (κ1) is 9.01. The minimum absolute atomic E-state index is 0.285. The zero-order valence-electron chi connectivity index (χ0n) is 7.85. The van der Waals surface area contributed by atoms with Crippen molar-refractivity contribution >= 4 is 0 Å². The van der Waals surface area contributed by atoms with Gasteiger partial charge in [0.05, 0.1) is 0 Å². The van der Waals surface area contributed by atoms with Crippen molar-refractivity contribution in [1.29, 1.82) is 0 Å². The van der Waals surface area contributed by atoms with E-state index in [9.17, 15) is 0 Å². The van der Waals surface area contributed by atoms with Gasteiger partial charge in [-0.1, -0.05) is 20.8 Å². The third-order valence-electron chi connectivity index (χ3n) is 2.46. The van der Waals surface area contributed by atoms with E-state index in [0.29, 0.717) is 6.04 Å². The molecule has 0 heterocycles. The van der Waals surface area contributed by atoms with Crippen molar-refractivity contribution in [2.24, 2.45) is 11.7 Å². The minimum atomic E-state index is 0.285. The van der Waals surface area contributed by atoms with Crippen LogP contribution in [0.5, 0.6) is 0 Å². The van der Waals surface area contributed by atoms with Gasteiger partial charge in [-0.25, -0.2) is 0 Å². The molecular formula is C9H20N2. The van der Waals surface area contributed by atoms with Crippen LogP contribution in [0.1, 0.15) is 33.6 Å². The molecule has 0 aromatic heterocycles. The van der Waals surface area contributed by atoms with Gasteiger partial charge in [0.2, 0.25) is 0 Å². The Hall–Kier alpha value is -0.0800. The second-order valence-electron chi connectivity index (χ2n) is 4.30. The molecule has 0 atom stereocenters. The van der Waals surface area contributed by atoms with Gasteiger partial charge >= 0.3 is 0 Å². The molecule has 66 valence electrons. The highest BCUT2D eigenvalue weighted by molar-refractivity contribution is 5.00.